The number of carbonyl (C=O) groups excluding carboxylic acids is 2. The van der Waals surface area contributed by atoms with Crippen LogP contribution in [0.2, 0.25) is 0 Å². The average molecular weight is 479 g/mol. The van der Waals surface area contributed by atoms with Gasteiger partial charge in [0.2, 0.25) is 0 Å². The second-order valence-electron chi connectivity index (χ2n) is 9.52. The Kier molecular flexibility index (Phi) is 7.45. The highest BCUT2D eigenvalue weighted by atomic mass is 16.5. The van der Waals surface area contributed by atoms with Crippen molar-refractivity contribution < 1.29 is 24.2 Å². The van der Waals surface area contributed by atoms with Crippen molar-refractivity contribution in [3.05, 3.63) is 64.7 Å². The molecule has 0 aliphatic carbocycles. The zero-order valence-corrected chi connectivity index (χ0v) is 20.9. The molecule has 2 heterocycles. The third-order valence-electron chi connectivity index (χ3n) is 6.46. The summed E-state index contributed by atoms with van der Waals surface area (Å²) < 4.78 is 11.5. The number of benzene rings is 2. The molecule has 7 nitrogen and oxygen atoms in total. The molecule has 2 aromatic carbocycles. The van der Waals surface area contributed by atoms with E-state index < -0.39 is 17.7 Å². The zero-order chi connectivity index (χ0) is 25.1. The lowest BCUT2D eigenvalue weighted by molar-refractivity contribution is -0.140. The molecular formula is C28H34N2O5. The van der Waals surface area contributed by atoms with Crippen LogP contribution >= 0.6 is 0 Å². The van der Waals surface area contributed by atoms with Gasteiger partial charge in [-0.25, -0.2) is 0 Å². The van der Waals surface area contributed by atoms with Crippen LogP contribution in [-0.4, -0.2) is 66.5 Å². The van der Waals surface area contributed by atoms with Gasteiger partial charge in [-0.2, -0.15) is 0 Å². The predicted octanol–water partition coefficient (Wildman–Crippen LogP) is 4.17. The molecule has 2 aliphatic heterocycles. The van der Waals surface area contributed by atoms with E-state index in [1.807, 2.05) is 62.3 Å². The number of rotatable bonds is 9. The molecule has 1 saturated heterocycles. The van der Waals surface area contributed by atoms with Gasteiger partial charge in [0.15, 0.2) is 0 Å². The Morgan fingerprint density at radius 3 is 2.60 bits per heavy atom. The summed E-state index contributed by atoms with van der Waals surface area (Å²) in [4.78, 5) is 29.8. The molecular weight excluding hydrogens is 444 g/mol. The first kappa shape index (κ1) is 24.8. The Bertz CT molecular complexity index is 1120. The Morgan fingerprint density at radius 2 is 1.91 bits per heavy atom. The lowest BCUT2D eigenvalue weighted by Gasteiger charge is -2.26. The molecule has 4 rings (SSSR count). The van der Waals surface area contributed by atoms with E-state index in [9.17, 15) is 14.7 Å². The maximum absolute atomic E-state index is 13.2. The van der Waals surface area contributed by atoms with Crippen LogP contribution < -0.4 is 9.47 Å². The fourth-order valence-electron chi connectivity index (χ4n) is 4.57. The van der Waals surface area contributed by atoms with Gasteiger partial charge in [-0.05, 0) is 68.9 Å². The maximum Gasteiger partial charge on any atom is 0.295 e. The highest BCUT2D eigenvalue weighted by Gasteiger charge is 2.46. The number of ether oxygens (including phenoxy) is 2. The largest absolute Gasteiger partial charge is 0.507 e. The van der Waals surface area contributed by atoms with Crippen molar-refractivity contribution >= 4 is 17.4 Å². The fourth-order valence-corrected chi connectivity index (χ4v) is 4.57. The summed E-state index contributed by atoms with van der Waals surface area (Å²) in [6.45, 7) is 5.69. The van der Waals surface area contributed by atoms with E-state index in [0.717, 1.165) is 41.9 Å². The number of aliphatic hydroxyl groups is 1. The normalized spacial score (nSPS) is 20.9. The van der Waals surface area contributed by atoms with E-state index in [4.69, 9.17) is 9.47 Å². The number of carbonyl (C=O) groups is 2. The summed E-state index contributed by atoms with van der Waals surface area (Å²) in [5.41, 5.74) is 2.36. The SMILES string of the molecule is CCCCOc1ccc(C2C(=C(O)c3ccc4c(c3)CC(C)O4)C(=O)C(=O)N2CCN(C)C)cc1. The van der Waals surface area contributed by atoms with Gasteiger partial charge >= 0.3 is 0 Å². The number of fused-ring (bicyclic) bond motifs is 1. The summed E-state index contributed by atoms with van der Waals surface area (Å²) in [6, 6.07) is 12.2. The van der Waals surface area contributed by atoms with Gasteiger partial charge in [0.25, 0.3) is 11.7 Å². The Labute approximate surface area is 206 Å². The van der Waals surface area contributed by atoms with Crippen LogP contribution in [0.15, 0.2) is 48.0 Å². The van der Waals surface area contributed by atoms with Gasteiger partial charge in [0, 0.05) is 25.1 Å². The first-order chi connectivity index (χ1) is 16.8. The molecule has 2 aliphatic rings. The number of likely N-dealkylation sites (tertiary alicyclic amines) is 1. The molecule has 1 fully saturated rings. The highest BCUT2D eigenvalue weighted by Crippen LogP contribution is 2.40. The van der Waals surface area contributed by atoms with Gasteiger partial charge in [0.05, 0.1) is 18.2 Å². The maximum atomic E-state index is 13.2. The zero-order valence-electron chi connectivity index (χ0n) is 20.9. The quantitative estimate of drug-likeness (QED) is 0.252. The topological polar surface area (TPSA) is 79.3 Å². The second-order valence-corrected chi connectivity index (χ2v) is 9.52. The Morgan fingerprint density at radius 1 is 1.17 bits per heavy atom. The Balaban J connectivity index is 1.73. The van der Waals surface area contributed by atoms with Crippen molar-refractivity contribution in [3.8, 4) is 11.5 Å². The van der Waals surface area contributed by atoms with Crippen LogP contribution in [0, 0.1) is 0 Å². The molecule has 2 aromatic rings. The summed E-state index contributed by atoms with van der Waals surface area (Å²) in [6.07, 6.45) is 2.82. The monoisotopic (exact) mass is 478 g/mol. The molecule has 0 spiro atoms. The lowest BCUT2D eigenvalue weighted by atomic mass is 9.94. The van der Waals surface area contributed by atoms with Crippen LogP contribution in [0.4, 0.5) is 0 Å². The number of ketones is 1. The van der Waals surface area contributed by atoms with Crippen LogP contribution in [0.3, 0.4) is 0 Å². The molecule has 1 amide bonds. The van der Waals surface area contributed by atoms with Crippen molar-refractivity contribution in [1.82, 2.24) is 9.80 Å². The number of amides is 1. The molecule has 7 heteroatoms. The van der Waals surface area contributed by atoms with Crippen LogP contribution in [0.25, 0.3) is 5.76 Å². The second kappa shape index (κ2) is 10.5. The van der Waals surface area contributed by atoms with Crippen molar-refractivity contribution in [2.24, 2.45) is 0 Å². The summed E-state index contributed by atoms with van der Waals surface area (Å²) >= 11 is 0. The van der Waals surface area contributed by atoms with Crippen molar-refractivity contribution in [3.63, 3.8) is 0 Å². The molecule has 2 atom stereocenters. The molecule has 1 N–H and O–H groups in total. The predicted molar refractivity (Wildman–Crippen MR) is 135 cm³/mol. The van der Waals surface area contributed by atoms with E-state index in [1.54, 1.807) is 11.0 Å². The molecule has 186 valence electrons. The number of Topliss-reactive ketones (excluding diaryl/α,β-unsaturated/α-hetero) is 1. The molecule has 2 unspecified atom stereocenters. The molecule has 0 bridgehead atoms. The number of unbranched alkanes of at least 4 members (excludes halogenated alkanes) is 1. The number of aliphatic hydroxyl groups excluding tert-OH is 1. The van der Waals surface area contributed by atoms with Crippen LogP contribution in [0.5, 0.6) is 11.5 Å². The van der Waals surface area contributed by atoms with E-state index >= 15 is 0 Å². The number of hydrogen-bond donors (Lipinski definition) is 1. The third kappa shape index (κ3) is 5.20. The van der Waals surface area contributed by atoms with Crippen LogP contribution in [0.1, 0.15) is 49.4 Å². The number of hydrogen-bond acceptors (Lipinski definition) is 6. The molecule has 0 saturated carbocycles. The first-order valence-corrected chi connectivity index (χ1v) is 12.3. The van der Waals surface area contributed by atoms with E-state index in [-0.39, 0.29) is 17.4 Å². The van der Waals surface area contributed by atoms with Crippen molar-refractivity contribution in [2.75, 3.05) is 33.8 Å². The smallest absolute Gasteiger partial charge is 0.295 e. The summed E-state index contributed by atoms with van der Waals surface area (Å²) in [7, 11) is 3.84. The minimum Gasteiger partial charge on any atom is -0.507 e. The number of likely N-dealkylation sites (N-methyl/N-ethyl adjacent to an activating group) is 1. The molecule has 35 heavy (non-hydrogen) atoms. The van der Waals surface area contributed by atoms with E-state index in [1.165, 1.54) is 0 Å². The highest BCUT2D eigenvalue weighted by molar-refractivity contribution is 6.46. The third-order valence-corrected chi connectivity index (χ3v) is 6.46. The lowest BCUT2D eigenvalue weighted by Crippen LogP contribution is -2.35. The minimum absolute atomic E-state index is 0.0667. The number of nitrogens with zero attached hydrogens (tertiary/aromatic N) is 2. The van der Waals surface area contributed by atoms with E-state index in [2.05, 4.69) is 6.92 Å². The van der Waals surface area contributed by atoms with Gasteiger partial charge in [-0.3, -0.25) is 9.59 Å². The van der Waals surface area contributed by atoms with Crippen LogP contribution in [-0.2, 0) is 16.0 Å². The average Bonchev–Trinajstić information content (AvgIpc) is 3.33. The van der Waals surface area contributed by atoms with Crippen molar-refractivity contribution in [2.45, 2.75) is 45.3 Å². The van der Waals surface area contributed by atoms with Gasteiger partial charge in [0.1, 0.15) is 23.4 Å². The van der Waals surface area contributed by atoms with Gasteiger partial charge in [-0.1, -0.05) is 25.5 Å². The Hall–Kier alpha value is -3.32. The summed E-state index contributed by atoms with van der Waals surface area (Å²) in [5, 5.41) is 11.3. The van der Waals surface area contributed by atoms with Crippen molar-refractivity contribution in [1.29, 1.82) is 0 Å². The fraction of sp³-hybridized carbons (Fsp3) is 0.429. The minimum atomic E-state index is -0.678. The first-order valence-electron chi connectivity index (χ1n) is 12.3. The standard InChI is InChI=1S/C28H34N2O5/c1-5-6-15-34-22-10-7-19(8-11-22)25-24(27(32)28(33)30(25)14-13-29(3)4)26(31)20-9-12-23-21(17-20)16-18(2)35-23/h7-12,17-18,25,31H,5-6,13-16H2,1-4H3. The molecule has 0 aromatic heterocycles. The van der Waals surface area contributed by atoms with Gasteiger partial charge < -0.3 is 24.4 Å². The van der Waals surface area contributed by atoms with Gasteiger partial charge in [-0.15, -0.1) is 0 Å². The summed E-state index contributed by atoms with van der Waals surface area (Å²) in [5.74, 6) is 0.0987. The van der Waals surface area contributed by atoms with E-state index in [0.29, 0.717) is 25.3 Å². The molecule has 0 radical (unpaired) electrons.